The zero-order valence-electron chi connectivity index (χ0n) is 16.4. The fourth-order valence-corrected chi connectivity index (χ4v) is 3.60. The Bertz CT molecular complexity index is 1110. The van der Waals surface area contributed by atoms with Gasteiger partial charge in [0.25, 0.3) is 0 Å². The highest BCUT2D eigenvalue weighted by molar-refractivity contribution is 7.89. The fraction of sp³-hybridized carbons (Fsp3) is 0.190. The number of anilines is 1. The van der Waals surface area contributed by atoms with E-state index in [0.29, 0.717) is 0 Å². The molecule has 0 saturated carbocycles. The minimum Gasteiger partial charge on any atom is -0.378 e. The van der Waals surface area contributed by atoms with Crippen molar-refractivity contribution >= 4 is 27.6 Å². The van der Waals surface area contributed by atoms with Gasteiger partial charge in [0, 0.05) is 48.6 Å². The molecular formula is C21H24N4O2S. The number of primary sulfonamides is 1. The highest BCUT2D eigenvalue weighted by Crippen LogP contribution is 2.22. The number of nitrogens with two attached hydrogens (primary N) is 1. The Labute approximate surface area is 166 Å². The van der Waals surface area contributed by atoms with Gasteiger partial charge < -0.3 is 9.47 Å². The van der Waals surface area contributed by atoms with E-state index in [1.807, 2.05) is 63.3 Å². The molecule has 0 atom stereocenters. The zero-order valence-corrected chi connectivity index (χ0v) is 17.2. The summed E-state index contributed by atoms with van der Waals surface area (Å²) in [6.07, 6.45) is 1.85. The summed E-state index contributed by atoms with van der Waals surface area (Å²) in [6.45, 7) is 4.01. The Morgan fingerprint density at radius 3 is 2.14 bits per heavy atom. The highest BCUT2D eigenvalue weighted by Gasteiger charge is 2.12. The minimum atomic E-state index is -3.70. The number of aryl methyl sites for hydroxylation is 1. The minimum absolute atomic E-state index is 0.0988. The smallest absolute Gasteiger partial charge is 0.238 e. The van der Waals surface area contributed by atoms with Crippen LogP contribution in [0.4, 0.5) is 11.4 Å². The van der Waals surface area contributed by atoms with Gasteiger partial charge in [0.1, 0.15) is 0 Å². The van der Waals surface area contributed by atoms with Crippen molar-refractivity contribution in [3.8, 4) is 5.69 Å². The Hall–Kier alpha value is -2.90. The van der Waals surface area contributed by atoms with Crippen LogP contribution in [0.5, 0.6) is 0 Å². The second kappa shape index (κ2) is 7.61. The number of hydrogen-bond donors (Lipinski definition) is 1. The molecule has 2 N–H and O–H groups in total. The molecule has 28 heavy (non-hydrogen) atoms. The molecule has 6 nitrogen and oxygen atoms in total. The summed E-state index contributed by atoms with van der Waals surface area (Å²) in [5.41, 5.74) is 5.94. The van der Waals surface area contributed by atoms with Crippen LogP contribution in [0, 0.1) is 13.8 Å². The van der Waals surface area contributed by atoms with Crippen molar-refractivity contribution in [2.45, 2.75) is 18.7 Å². The molecule has 2 aromatic carbocycles. The first-order chi connectivity index (χ1) is 13.2. The van der Waals surface area contributed by atoms with Crippen molar-refractivity contribution in [3.05, 3.63) is 71.5 Å². The maximum atomic E-state index is 11.4. The molecule has 1 heterocycles. The number of rotatable bonds is 5. The van der Waals surface area contributed by atoms with Crippen molar-refractivity contribution in [2.24, 2.45) is 10.1 Å². The first-order valence-electron chi connectivity index (χ1n) is 8.80. The lowest BCUT2D eigenvalue weighted by Crippen LogP contribution is -2.12. The van der Waals surface area contributed by atoms with Crippen molar-refractivity contribution in [1.29, 1.82) is 0 Å². The Balaban J connectivity index is 1.89. The number of sulfonamides is 1. The lowest BCUT2D eigenvalue weighted by molar-refractivity contribution is 0.598. The van der Waals surface area contributed by atoms with Crippen LogP contribution < -0.4 is 10.0 Å². The van der Waals surface area contributed by atoms with Gasteiger partial charge in [-0.1, -0.05) is 0 Å². The molecule has 146 valence electrons. The second-order valence-electron chi connectivity index (χ2n) is 6.87. The number of aliphatic imine (C=N–C) groups is 1. The molecule has 0 fully saturated rings. The topological polar surface area (TPSA) is 80.7 Å². The maximum absolute atomic E-state index is 11.4. The number of nitrogens with zero attached hydrogens (tertiary/aromatic N) is 3. The third kappa shape index (κ3) is 4.16. The molecule has 0 amide bonds. The van der Waals surface area contributed by atoms with Crippen LogP contribution in [-0.2, 0) is 10.0 Å². The summed E-state index contributed by atoms with van der Waals surface area (Å²) < 4.78 is 25.0. The maximum Gasteiger partial charge on any atom is 0.238 e. The lowest BCUT2D eigenvalue weighted by atomic mass is 10.2. The molecule has 0 radical (unpaired) electrons. The first-order valence-corrected chi connectivity index (χ1v) is 10.3. The Morgan fingerprint density at radius 2 is 1.61 bits per heavy atom. The summed E-state index contributed by atoms with van der Waals surface area (Å²) in [5, 5.41) is 5.18. The van der Waals surface area contributed by atoms with Gasteiger partial charge in [0.15, 0.2) is 0 Å². The molecule has 0 aliphatic rings. The van der Waals surface area contributed by atoms with E-state index in [1.54, 1.807) is 12.1 Å². The summed E-state index contributed by atoms with van der Waals surface area (Å²) in [6, 6.07) is 16.6. The van der Waals surface area contributed by atoms with Crippen LogP contribution in [0.3, 0.4) is 0 Å². The number of benzene rings is 2. The van der Waals surface area contributed by atoms with E-state index >= 15 is 0 Å². The summed E-state index contributed by atoms with van der Waals surface area (Å²) in [5.74, 6) is 0. The van der Waals surface area contributed by atoms with Gasteiger partial charge in [-0.05, 0) is 68.4 Å². The first kappa shape index (κ1) is 19.9. The Kier molecular flexibility index (Phi) is 5.40. The van der Waals surface area contributed by atoms with Gasteiger partial charge in [-0.15, -0.1) is 0 Å². The average Bonchev–Trinajstić information content (AvgIpc) is 2.93. The highest BCUT2D eigenvalue weighted by atomic mass is 32.2. The van der Waals surface area contributed by atoms with Crippen molar-refractivity contribution in [3.63, 3.8) is 0 Å². The largest absolute Gasteiger partial charge is 0.378 e. The van der Waals surface area contributed by atoms with Crippen LogP contribution in [-0.4, -0.2) is 33.3 Å². The molecule has 0 spiro atoms. The standard InChI is InChI=1S/C21H24N4O2S/c1-15-13-17(14-23-18-5-7-19(8-6-18)24(3)4)16(2)25(15)20-9-11-21(12-10-20)28(22,26)27/h5-14H,1-4H3,(H2,22,26,27). The monoisotopic (exact) mass is 396 g/mol. The molecule has 3 rings (SSSR count). The summed E-state index contributed by atoms with van der Waals surface area (Å²) >= 11 is 0. The third-order valence-electron chi connectivity index (χ3n) is 4.61. The SMILES string of the molecule is Cc1cc(C=Nc2ccc(N(C)C)cc2)c(C)n1-c1ccc(S(N)(=O)=O)cc1. The van der Waals surface area contributed by atoms with Gasteiger partial charge >= 0.3 is 0 Å². The molecule has 0 saturated heterocycles. The van der Waals surface area contributed by atoms with E-state index in [2.05, 4.69) is 15.6 Å². The third-order valence-corrected chi connectivity index (χ3v) is 5.54. The van der Waals surface area contributed by atoms with E-state index in [9.17, 15) is 8.42 Å². The van der Waals surface area contributed by atoms with Gasteiger partial charge in [-0.3, -0.25) is 4.99 Å². The van der Waals surface area contributed by atoms with E-state index < -0.39 is 10.0 Å². The van der Waals surface area contributed by atoms with E-state index in [-0.39, 0.29) is 4.90 Å². The average molecular weight is 397 g/mol. The van der Waals surface area contributed by atoms with E-state index in [1.165, 1.54) is 12.1 Å². The molecule has 0 bridgehead atoms. The lowest BCUT2D eigenvalue weighted by Gasteiger charge is -2.11. The molecule has 7 heteroatoms. The molecule has 3 aromatic rings. The molecule has 0 unspecified atom stereocenters. The van der Waals surface area contributed by atoms with Crippen LogP contribution in [0.1, 0.15) is 17.0 Å². The van der Waals surface area contributed by atoms with Crippen molar-refractivity contribution < 1.29 is 8.42 Å². The van der Waals surface area contributed by atoms with Crippen molar-refractivity contribution in [1.82, 2.24) is 4.57 Å². The second-order valence-corrected chi connectivity index (χ2v) is 8.43. The molecule has 1 aromatic heterocycles. The number of hydrogen-bond acceptors (Lipinski definition) is 4. The van der Waals surface area contributed by atoms with E-state index in [4.69, 9.17) is 5.14 Å². The van der Waals surface area contributed by atoms with Crippen LogP contribution in [0.2, 0.25) is 0 Å². The van der Waals surface area contributed by atoms with Gasteiger partial charge in [0.05, 0.1) is 10.6 Å². The summed E-state index contributed by atoms with van der Waals surface area (Å²) in [7, 11) is 0.307. The number of aromatic nitrogens is 1. The normalized spacial score (nSPS) is 11.9. The molecule has 0 aliphatic carbocycles. The van der Waals surface area contributed by atoms with Gasteiger partial charge in [-0.2, -0.15) is 0 Å². The Morgan fingerprint density at radius 1 is 1.00 bits per heavy atom. The predicted octanol–water partition coefficient (Wildman–Crippen LogP) is 3.56. The fourth-order valence-electron chi connectivity index (χ4n) is 3.08. The predicted molar refractivity (Wildman–Crippen MR) is 115 cm³/mol. The van der Waals surface area contributed by atoms with Crippen molar-refractivity contribution in [2.75, 3.05) is 19.0 Å². The zero-order chi connectivity index (χ0) is 20.5. The quantitative estimate of drug-likeness (QED) is 0.670. The van der Waals surface area contributed by atoms with Crippen LogP contribution in [0.25, 0.3) is 5.69 Å². The van der Waals surface area contributed by atoms with Gasteiger partial charge in [0.2, 0.25) is 10.0 Å². The van der Waals surface area contributed by atoms with Gasteiger partial charge in [-0.25, -0.2) is 13.6 Å². The molecular weight excluding hydrogens is 372 g/mol. The van der Waals surface area contributed by atoms with Crippen LogP contribution >= 0.6 is 0 Å². The van der Waals surface area contributed by atoms with E-state index in [0.717, 1.165) is 34.0 Å². The summed E-state index contributed by atoms with van der Waals surface area (Å²) in [4.78, 5) is 6.72. The van der Waals surface area contributed by atoms with Crippen LogP contribution in [0.15, 0.2) is 64.5 Å². The molecule has 0 aliphatic heterocycles.